The lowest BCUT2D eigenvalue weighted by Crippen LogP contribution is -2.65. The predicted octanol–water partition coefficient (Wildman–Crippen LogP) is 14.5. The molecule has 2 rings (SSSR count). The summed E-state index contributed by atoms with van der Waals surface area (Å²) in [5, 5.41) is 87.4. The maximum Gasteiger partial charge on any atom is 0.220 e. The summed E-state index contributed by atoms with van der Waals surface area (Å²) in [6, 6.07) is -0.943. The molecule has 12 unspecified atom stereocenters. The van der Waals surface area contributed by atoms with Crippen molar-refractivity contribution < 1.29 is 64.6 Å². The van der Waals surface area contributed by atoms with Crippen molar-refractivity contribution in [1.29, 1.82) is 0 Å². The molecule has 14 nitrogen and oxygen atoms in total. The van der Waals surface area contributed by atoms with Crippen LogP contribution in [0.25, 0.3) is 0 Å². The van der Waals surface area contributed by atoms with Crippen molar-refractivity contribution in [2.75, 3.05) is 19.8 Å². The molecule has 0 bridgehead atoms. The summed E-state index contributed by atoms with van der Waals surface area (Å²) >= 11 is 0. The molecule has 0 aromatic rings. The van der Waals surface area contributed by atoms with E-state index in [0.717, 1.165) is 64.2 Å². The van der Waals surface area contributed by atoms with Crippen molar-refractivity contribution in [2.45, 2.75) is 370 Å². The summed E-state index contributed by atoms with van der Waals surface area (Å²) in [6.45, 7) is 2.79. The second kappa shape index (κ2) is 56.7. The second-order valence-electron chi connectivity index (χ2n) is 25.0. The van der Waals surface area contributed by atoms with Crippen LogP contribution in [0.1, 0.15) is 296 Å². The van der Waals surface area contributed by atoms with Gasteiger partial charge >= 0.3 is 0 Å². The lowest BCUT2D eigenvalue weighted by Gasteiger charge is -2.46. The molecule has 2 heterocycles. The van der Waals surface area contributed by atoms with Crippen LogP contribution in [0.5, 0.6) is 0 Å². The van der Waals surface area contributed by atoms with Crippen molar-refractivity contribution in [3.05, 3.63) is 60.8 Å². The Balaban J connectivity index is 1.69. The Hall–Kier alpha value is -2.31. The van der Waals surface area contributed by atoms with Gasteiger partial charge in [0.2, 0.25) is 5.91 Å². The highest BCUT2D eigenvalue weighted by atomic mass is 16.7. The molecular weight excluding hydrogens is 1090 g/mol. The smallest absolute Gasteiger partial charge is 0.220 e. The molecular formula is C72H131NO13. The van der Waals surface area contributed by atoms with E-state index in [9.17, 15) is 45.6 Å². The van der Waals surface area contributed by atoms with Gasteiger partial charge < -0.3 is 65.1 Å². The van der Waals surface area contributed by atoms with Crippen LogP contribution in [0.2, 0.25) is 0 Å². The van der Waals surface area contributed by atoms with Gasteiger partial charge in [0.25, 0.3) is 0 Å². The van der Waals surface area contributed by atoms with E-state index in [1.165, 1.54) is 199 Å². The lowest BCUT2D eigenvalue weighted by molar-refractivity contribution is -0.359. The third-order valence-electron chi connectivity index (χ3n) is 17.2. The first-order chi connectivity index (χ1) is 42.1. The van der Waals surface area contributed by atoms with Gasteiger partial charge in [-0.05, 0) is 70.6 Å². The van der Waals surface area contributed by atoms with Crippen LogP contribution in [0.15, 0.2) is 60.8 Å². The normalized spacial score (nSPS) is 23.7. The molecule has 0 aromatic carbocycles. The summed E-state index contributed by atoms with van der Waals surface area (Å²) in [6.07, 6.45) is 58.6. The van der Waals surface area contributed by atoms with Crippen LogP contribution in [-0.4, -0.2) is 140 Å². The van der Waals surface area contributed by atoms with E-state index >= 15 is 0 Å². The molecule has 0 aliphatic carbocycles. The lowest BCUT2D eigenvalue weighted by atomic mass is 9.97. The van der Waals surface area contributed by atoms with Gasteiger partial charge in [-0.15, -0.1) is 0 Å². The molecule has 1 amide bonds. The topological polar surface area (TPSA) is 228 Å². The molecule has 12 atom stereocenters. The Morgan fingerprint density at radius 1 is 0.419 bits per heavy atom. The fourth-order valence-electron chi connectivity index (χ4n) is 11.5. The summed E-state index contributed by atoms with van der Waals surface area (Å²) in [7, 11) is 0. The molecule has 9 N–H and O–H groups in total. The Kier molecular flexibility index (Phi) is 52.6. The molecule has 2 fully saturated rings. The zero-order valence-corrected chi connectivity index (χ0v) is 54.6. The van der Waals surface area contributed by atoms with Gasteiger partial charge in [-0.3, -0.25) is 4.79 Å². The molecule has 2 saturated heterocycles. The number of aliphatic hydroxyl groups is 8. The van der Waals surface area contributed by atoms with E-state index in [0.29, 0.717) is 12.8 Å². The van der Waals surface area contributed by atoms with E-state index in [4.69, 9.17) is 18.9 Å². The molecule has 86 heavy (non-hydrogen) atoms. The number of ether oxygens (including phenoxy) is 4. The van der Waals surface area contributed by atoms with Gasteiger partial charge in [-0.25, -0.2) is 0 Å². The largest absolute Gasteiger partial charge is 0.394 e. The van der Waals surface area contributed by atoms with Crippen molar-refractivity contribution in [2.24, 2.45) is 0 Å². The molecule has 0 saturated carbocycles. The molecule has 502 valence electrons. The maximum absolute atomic E-state index is 13.3. The van der Waals surface area contributed by atoms with Gasteiger partial charge in [-0.2, -0.15) is 0 Å². The molecule has 0 radical (unpaired) electrons. The quantitative estimate of drug-likeness (QED) is 0.0204. The summed E-state index contributed by atoms with van der Waals surface area (Å²) in [5.41, 5.74) is 0. The number of carbonyl (C=O) groups excluding carboxylic acids is 1. The van der Waals surface area contributed by atoms with Crippen LogP contribution in [-0.2, 0) is 23.7 Å². The third kappa shape index (κ3) is 40.4. The highest BCUT2D eigenvalue weighted by Gasteiger charge is 2.51. The molecule has 0 spiro atoms. The van der Waals surface area contributed by atoms with Crippen molar-refractivity contribution in [3.8, 4) is 0 Å². The zero-order chi connectivity index (χ0) is 62.3. The van der Waals surface area contributed by atoms with E-state index in [1.807, 2.05) is 6.08 Å². The monoisotopic (exact) mass is 1220 g/mol. The Morgan fingerprint density at radius 2 is 0.779 bits per heavy atom. The average Bonchev–Trinajstić information content (AvgIpc) is 2.54. The van der Waals surface area contributed by atoms with Gasteiger partial charge in [0.05, 0.1) is 32.0 Å². The van der Waals surface area contributed by atoms with Gasteiger partial charge in [0.15, 0.2) is 12.6 Å². The van der Waals surface area contributed by atoms with Crippen LogP contribution >= 0.6 is 0 Å². The van der Waals surface area contributed by atoms with Crippen LogP contribution in [0.3, 0.4) is 0 Å². The summed E-state index contributed by atoms with van der Waals surface area (Å²) < 4.78 is 22.8. The minimum atomic E-state index is -1.80. The Bertz CT molecular complexity index is 1670. The highest BCUT2D eigenvalue weighted by molar-refractivity contribution is 5.76. The number of hydrogen-bond acceptors (Lipinski definition) is 13. The van der Waals surface area contributed by atoms with Crippen LogP contribution in [0.4, 0.5) is 0 Å². The minimum absolute atomic E-state index is 0.257. The van der Waals surface area contributed by atoms with Crippen LogP contribution < -0.4 is 5.32 Å². The Morgan fingerprint density at radius 3 is 1.22 bits per heavy atom. The second-order valence-corrected chi connectivity index (χ2v) is 25.0. The van der Waals surface area contributed by atoms with E-state index in [2.05, 4.69) is 67.8 Å². The number of nitrogens with one attached hydrogen (secondary N) is 1. The van der Waals surface area contributed by atoms with Gasteiger partial charge in [-0.1, -0.05) is 280 Å². The molecule has 2 aliphatic rings. The Labute approximate surface area is 524 Å². The number of amides is 1. The fraction of sp³-hybridized carbons (Fsp3) is 0.847. The standard InChI is InChI=1S/C72H131NO13/c1-3-5-7-9-11-13-15-17-19-21-23-25-26-27-28-29-30-31-32-33-34-36-37-39-41-43-45-47-49-51-53-55-61(76)60(59-83-71-69(82)67(80)70(63(58-75)85-71)86-72-68(81)66(79)65(78)62(57-74)84-72)73-64(77)56-54-52-50-48-46-44-42-40-38-35-24-22-20-18-16-14-12-10-8-6-4-2/h16,18,22,24,38,40,45,47,53,55,60-63,65-72,74-76,78-82H,3-15,17,19-21,23,25-37,39,41-44,46,48-52,54,56-59H2,1-2H3,(H,73,77)/b18-16-,24-22-,40-38-,47-45+,55-53+. The summed E-state index contributed by atoms with van der Waals surface area (Å²) in [4.78, 5) is 13.3. The average molecular weight is 1220 g/mol. The third-order valence-corrected chi connectivity index (χ3v) is 17.2. The number of rotatable bonds is 58. The fourth-order valence-corrected chi connectivity index (χ4v) is 11.5. The van der Waals surface area contributed by atoms with Gasteiger partial charge in [0.1, 0.15) is 48.8 Å². The summed E-state index contributed by atoms with van der Waals surface area (Å²) in [5.74, 6) is -0.260. The van der Waals surface area contributed by atoms with Crippen molar-refractivity contribution >= 4 is 5.91 Å². The number of allylic oxidation sites excluding steroid dienone is 9. The van der Waals surface area contributed by atoms with Crippen molar-refractivity contribution in [1.82, 2.24) is 5.32 Å². The van der Waals surface area contributed by atoms with Crippen molar-refractivity contribution in [3.63, 3.8) is 0 Å². The molecule has 0 aromatic heterocycles. The highest BCUT2D eigenvalue weighted by Crippen LogP contribution is 2.30. The first-order valence-corrected chi connectivity index (χ1v) is 35.5. The number of aliphatic hydroxyl groups excluding tert-OH is 8. The van der Waals surface area contributed by atoms with Gasteiger partial charge in [0, 0.05) is 6.42 Å². The molecule has 14 heteroatoms. The molecule has 2 aliphatic heterocycles. The van der Waals surface area contributed by atoms with E-state index in [1.54, 1.807) is 6.08 Å². The predicted molar refractivity (Wildman–Crippen MR) is 350 cm³/mol. The first kappa shape index (κ1) is 79.8. The zero-order valence-electron chi connectivity index (χ0n) is 54.6. The SMILES string of the molecule is CCCCCCC/C=C\C/C=C\C/C=C\CCCCCCCCC(=O)NC(COC1OC(CO)C(OC2OC(CO)C(O)C(O)C2O)C(O)C1O)C(O)/C=C/CC/C=C/CCCCCCCCCCCCCCCCCCCCCCCCCCC. The maximum atomic E-state index is 13.3. The number of carbonyl (C=O) groups is 1. The number of hydrogen-bond donors (Lipinski definition) is 9. The van der Waals surface area contributed by atoms with Crippen LogP contribution in [0, 0.1) is 0 Å². The van der Waals surface area contributed by atoms with E-state index < -0.39 is 86.8 Å². The van der Waals surface area contributed by atoms with E-state index in [-0.39, 0.29) is 18.9 Å². The minimum Gasteiger partial charge on any atom is -0.394 e. The first-order valence-electron chi connectivity index (χ1n) is 35.5. The number of unbranched alkanes of at least 4 members (excludes halogenated alkanes) is 37.